The van der Waals surface area contributed by atoms with Gasteiger partial charge in [-0.25, -0.2) is 14.8 Å². The number of aliphatic hydroxyl groups is 1. The van der Waals surface area contributed by atoms with Crippen LogP contribution in [-0.4, -0.2) is 57.8 Å². The van der Waals surface area contributed by atoms with E-state index >= 15 is 0 Å². The number of piperazine rings is 1. The monoisotopic (exact) mass is 334 g/mol. The van der Waals surface area contributed by atoms with E-state index in [2.05, 4.69) is 14.9 Å². The minimum Gasteiger partial charge on any atom is -0.444 e. The zero-order chi connectivity index (χ0) is 17.4. The summed E-state index contributed by atoms with van der Waals surface area (Å²) >= 11 is 0. The van der Waals surface area contributed by atoms with E-state index in [9.17, 15) is 9.90 Å². The summed E-state index contributed by atoms with van der Waals surface area (Å²) in [6.07, 6.45) is 5.79. The Kier molecular flexibility index (Phi) is 4.38. The number of anilines is 1. The average molecular weight is 334 g/mol. The van der Waals surface area contributed by atoms with Gasteiger partial charge in [-0.1, -0.05) is 0 Å². The number of ether oxygens (including phenoxy) is 1. The van der Waals surface area contributed by atoms with Crippen molar-refractivity contribution in [1.82, 2.24) is 14.9 Å². The maximum absolute atomic E-state index is 12.1. The van der Waals surface area contributed by atoms with E-state index in [0.29, 0.717) is 32.1 Å². The van der Waals surface area contributed by atoms with Crippen molar-refractivity contribution in [3.8, 4) is 0 Å². The number of nitrogens with zero attached hydrogens (tertiary/aromatic N) is 4. The Balaban J connectivity index is 1.56. The predicted octanol–water partition coefficient (Wildman–Crippen LogP) is 1.91. The van der Waals surface area contributed by atoms with Crippen LogP contribution in [0.2, 0.25) is 0 Å². The third-order valence-electron chi connectivity index (χ3n) is 4.57. The van der Waals surface area contributed by atoms with Gasteiger partial charge in [-0.2, -0.15) is 0 Å². The third-order valence-corrected chi connectivity index (χ3v) is 4.57. The molecule has 1 aliphatic carbocycles. The lowest BCUT2D eigenvalue weighted by atomic mass is 9.76. The molecule has 1 aromatic rings. The van der Waals surface area contributed by atoms with Gasteiger partial charge >= 0.3 is 6.09 Å². The lowest BCUT2D eigenvalue weighted by Crippen LogP contribution is -2.50. The molecule has 7 heteroatoms. The first-order valence-electron chi connectivity index (χ1n) is 8.55. The summed E-state index contributed by atoms with van der Waals surface area (Å²) in [5.74, 6) is 0.644. The number of hydrogen-bond donors (Lipinski definition) is 1. The fourth-order valence-electron chi connectivity index (χ4n) is 2.94. The normalized spacial score (nSPS) is 20.5. The number of hydrogen-bond acceptors (Lipinski definition) is 6. The number of rotatable bonds is 2. The van der Waals surface area contributed by atoms with Crippen LogP contribution in [0.15, 0.2) is 12.4 Å². The Bertz CT molecular complexity index is 585. The van der Waals surface area contributed by atoms with Crippen LogP contribution >= 0.6 is 0 Å². The molecule has 0 atom stereocenters. The summed E-state index contributed by atoms with van der Waals surface area (Å²) in [5, 5.41) is 10.3. The van der Waals surface area contributed by atoms with Crippen LogP contribution in [0.1, 0.15) is 45.6 Å². The highest BCUT2D eigenvalue weighted by molar-refractivity contribution is 5.68. The topological polar surface area (TPSA) is 78.8 Å². The van der Waals surface area contributed by atoms with Crippen LogP contribution in [0, 0.1) is 0 Å². The van der Waals surface area contributed by atoms with Gasteiger partial charge in [0, 0.05) is 44.1 Å². The molecule has 0 aromatic carbocycles. The second kappa shape index (κ2) is 6.20. The maximum Gasteiger partial charge on any atom is 0.410 e. The largest absolute Gasteiger partial charge is 0.444 e. The van der Waals surface area contributed by atoms with Crippen molar-refractivity contribution in [3.05, 3.63) is 18.0 Å². The lowest BCUT2D eigenvalue weighted by Gasteiger charge is -2.37. The SMILES string of the molecule is CC(C)(C)OC(=O)N1CCN(c2ncc(C3(O)CCC3)cn2)CC1. The number of carbonyl (C=O) groups is 1. The summed E-state index contributed by atoms with van der Waals surface area (Å²) in [5.41, 5.74) is -0.409. The zero-order valence-corrected chi connectivity index (χ0v) is 14.7. The molecule has 1 aromatic heterocycles. The van der Waals surface area contributed by atoms with Crippen molar-refractivity contribution in [3.63, 3.8) is 0 Å². The highest BCUT2D eigenvalue weighted by atomic mass is 16.6. The predicted molar refractivity (Wildman–Crippen MR) is 89.8 cm³/mol. The van der Waals surface area contributed by atoms with Crippen LogP contribution < -0.4 is 4.90 Å². The highest BCUT2D eigenvalue weighted by Crippen LogP contribution is 2.40. The first-order valence-corrected chi connectivity index (χ1v) is 8.55. The number of aromatic nitrogens is 2. The summed E-state index contributed by atoms with van der Waals surface area (Å²) in [7, 11) is 0. The van der Waals surface area contributed by atoms with Gasteiger partial charge in [0.25, 0.3) is 0 Å². The number of amides is 1. The van der Waals surface area contributed by atoms with Gasteiger partial charge < -0.3 is 19.6 Å². The molecule has 0 bridgehead atoms. The Morgan fingerprint density at radius 1 is 1.17 bits per heavy atom. The second-order valence-corrected chi connectivity index (χ2v) is 7.61. The van der Waals surface area contributed by atoms with Crippen molar-refractivity contribution in [2.24, 2.45) is 0 Å². The lowest BCUT2D eigenvalue weighted by molar-refractivity contribution is -0.0393. The van der Waals surface area contributed by atoms with Gasteiger partial charge in [-0.05, 0) is 40.0 Å². The molecule has 1 saturated carbocycles. The Hall–Kier alpha value is -1.89. The van der Waals surface area contributed by atoms with Crippen LogP contribution in [-0.2, 0) is 10.3 Å². The Morgan fingerprint density at radius 3 is 2.21 bits per heavy atom. The van der Waals surface area contributed by atoms with Crippen LogP contribution in [0.5, 0.6) is 0 Å². The van der Waals surface area contributed by atoms with E-state index in [1.165, 1.54) is 0 Å². The van der Waals surface area contributed by atoms with E-state index < -0.39 is 11.2 Å². The van der Waals surface area contributed by atoms with E-state index in [0.717, 1.165) is 24.8 Å². The van der Waals surface area contributed by atoms with E-state index in [4.69, 9.17) is 4.74 Å². The molecule has 7 nitrogen and oxygen atoms in total. The van der Waals surface area contributed by atoms with Crippen molar-refractivity contribution in [2.45, 2.75) is 51.2 Å². The Morgan fingerprint density at radius 2 is 1.75 bits per heavy atom. The molecule has 2 aliphatic rings. The van der Waals surface area contributed by atoms with E-state index in [1.807, 2.05) is 20.8 Å². The molecule has 24 heavy (non-hydrogen) atoms. The standard InChI is InChI=1S/C17H26N4O3/c1-16(2,3)24-15(22)21-9-7-20(8-10-21)14-18-11-13(12-19-14)17(23)5-4-6-17/h11-12,23H,4-10H2,1-3H3. The second-order valence-electron chi connectivity index (χ2n) is 7.61. The molecule has 0 spiro atoms. The molecular formula is C17H26N4O3. The van der Waals surface area contributed by atoms with Gasteiger partial charge in [0.2, 0.25) is 5.95 Å². The molecule has 3 rings (SSSR count). The zero-order valence-electron chi connectivity index (χ0n) is 14.7. The van der Waals surface area contributed by atoms with Crippen LogP contribution in [0.3, 0.4) is 0 Å². The molecule has 1 saturated heterocycles. The first-order chi connectivity index (χ1) is 11.3. The Labute approximate surface area is 142 Å². The fourth-order valence-corrected chi connectivity index (χ4v) is 2.94. The van der Waals surface area contributed by atoms with Gasteiger partial charge in [0.1, 0.15) is 5.60 Å². The van der Waals surface area contributed by atoms with Crippen molar-refractivity contribution < 1.29 is 14.6 Å². The smallest absolute Gasteiger partial charge is 0.410 e. The van der Waals surface area contributed by atoms with Gasteiger partial charge in [0.15, 0.2) is 0 Å². The first kappa shape index (κ1) is 17.0. The van der Waals surface area contributed by atoms with Crippen molar-refractivity contribution in [2.75, 3.05) is 31.1 Å². The molecule has 2 heterocycles. The molecular weight excluding hydrogens is 308 g/mol. The quantitative estimate of drug-likeness (QED) is 0.890. The van der Waals surface area contributed by atoms with Crippen molar-refractivity contribution in [1.29, 1.82) is 0 Å². The summed E-state index contributed by atoms with van der Waals surface area (Å²) in [4.78, 5) is 24.6. The average Bonchev–Trinajstić information content (AvgIpc) is 2.51. The molecule has 1 N–H and O–H groups in total. The van der Waals surface area contributed by atoms with Gasteiger partial charge in [-0.3, -0.25) is 0 Å². The summed E-state index contributed by atoms with van der Waals surface area (Å²) < 4.78 is 5.40. The third kappa shape index (κ3) is 3.61. The molecule has 1 aliphatic heterocycles. The summed E-state index contributed by atoms with van der Waals surface area (Å²) in [6.45, 7) is 8.12. The highest BCUT2D eigenvalue weighted by Gasteiger charge is 2.37. The number of carbonyl (C=O) groups excluding carboxylic acids is 1. The fraction of sp³-hybridized carbons (Fsp3) is 0.706. The molecule has 0 unspecified atom stereocenters. The molecule has 2 fully saturated rings. The maximum atomic E-state index is 12.1. The van der Waals surface area contributed by atoms with Gasteiger partial charge in [-0.15, -0.1) is 0 Å². The molecule has 132 valence electrons. The minimum atomic E-state index is -0.728. The van der Waals surface area contributed by atoms with Crippen molar-refractivity contribution >= 4 is 12.0 Å². The van der Waals surface area contributed by atoms with E-state index in [-0.39, 0.29) is 6.09 Å². The summed E-state index contributed by atoms with van der Waals surface area (Å²) in [6, 6.07) is 0. The minimum absolute atomic E-state index is 0.273. The molecule has 0 radical (unpaired) electrons. The van der Waals surface area contributed by atoms with Crippen LogP contribution in [0.25, 0.3) is 0 Å². The molecule has 1 amide bonds. The van der Waals surface area contributed by atoms with Crippen LogP contribution in [0.4, 0.5) is 10.7 Å². The van der Waals surface area contributed by atoms with Gasteiger partial charge in [0.05, 0.1) is 5.60 Å². The van der Waals surface area contributed by atoms with E-state index in [1.54, 1.807) is 17.3 Å².